The fourth-order valence-electron chi connectivity index (χ4n) is 0.942. The van der Waals surface area contributed by atoms with Gasteiger partial charge in [-0.15, -0.1) is 0 Å². The molecule has 0 spiro atoms. The van der Waals surface area contributed by atoms with Gasteiger partial charge < -0.3 is 14.9 Å². The van der Waals surface area contributed by atoms with Crippen molar-refractivity contribution in [1.29, 1.82) is 0 Å². The van der Waals surface area contributed by atoms with E-state index >= 15 is 0 Å². The molecule has 0 amide bonds. The zero-order chi connectivity index (χ0) is 12.1. The summed E-state index contributed by atoms with van der Waals surface area (Å²) in [6.07, 6.45) is 0. The second-order valence-electron chi connectivity index (χ2n) is 2.53. The van der Waals surface area contributed by atoms with E-state index in [1.54, 1.807) is 11.8 Å². The highest BCUT2D eigenvalue weighted by Crippen LogP contribution is 1.89. The molecule has 0 heterocycles. The highest BCUT2D eigenvalue weighted by Gasteiger charge is 2.09. The van der Waals surface area contributed by atoms with Crippen LogP contribution in [0.2, 0.25) is 0 Å². The molecular weight excluding hydrogens is 198 g/mol. The summed E-state index contributed by atoms with van der Waals surface area (Å²) >= 11 is 0. The summed E-state index contributed by atoms with van der Waals surface area (Å²) in [4.78, 5) is 12.6. The lowest BCUT2D eigenvalue weighted by Crippen LogP contribution is -2.35. The van der Waals surface area contributed by atoms with Crippen LogP contribution in [0.4, 0.5) is 0 Å². The minimum absolute atomic E-state index is 0.0284. The van der Waals surface area contributed by atoms with Crippen LogP contribution in [0.25, 0.3) is 0 Å². The van der Waals surface area contributed by atoms with E-state index < -0.39 is 0 Å². The largest absolute Gasteiger partial charge is 0.465 e. The van der Waals surface area contributed by atoms with Crippen molar-refractivity contribution >= 4 is 5.97 Å². The number of hydrogen-bond acceptors (Lipinski definition) is 5. The average molecular weight is 221 g/mol. The number of carbonyl (C=O) groups is 1. The van der Waals surface area contributed by atoms with Crippen molar-refractivity contribution in [3.8, 4) is 0 Å². The minimum Gasteiger partial charge on any atom is -0.465 e. The van der Waals surface area contributed by atoms with Gasteiger partial charge in [-0.05, 0) is 6.92 Å². The molecule has 2 N–H and O–H groups in total. The molecule has 0 aromatic heterocycles. The Balaban J connectivity index is 0. The number of nitrogens with zero attached hydrogens (tertiary/aromatic N) is 1. The van der Waals surface area contributed by atoms with Crippen molar-refractivity contribution in [2.24, 2.45) is 0 Å². The van der Waals surface area contributed by atoms with Crippen LogP contribution in [0.15, 0.2) is 0 Å². The number of hydrogen-bond donors (Lipinski definition) is 2. The van der Waals surface area contributed by atoms with Gasteiger partial charge in [-0.2, -0.15) is 0 Å². The molecule has 0 aromatic carbocycles. The Morgan fingerprint density at radius 2 is 1.67 bits per heavy atom. The minimum atomic E-state index is -0.329. The molecule has 0 atom stereocenters. The summed E-state index contributed by atoms with van der Waals surface area (Å²) in [5.74, 6) is -0.329. The zero-order valence-corrected chi connectivity index (χ0v) is 9.90. The topological polar surface area (TPSA) is 70.0 Å². The van der Waals surface area contributed by atoms with Crippen LogP contribution >= 0.6 is 0 Å². The summed E-state index contributed by atoms with van der Waals surface area (Å²) in [5.41, 5.74) is 0. The van der Waals surface area contributed by atoms with Crippen LogP contribution in [0.1, 0.15) is 20.8 Å². The lowest BCUT2D eigenvalue weighted by atomic mass is 10.4. The van der Waals surface area contributed by atoms with E-state index in [1.807, 2.05) is 13.8 Å². The summed E-state index contributed by atoms with van der Waals surface area (Å²) in [7, 11) is 0. The maximum atomic E-state index is 11.0. The van der Waals surface area contributed by atoms with Gasteiger partial charge in [-0.1, -0.05) is 13.8 Å². The van der Waals surface area contributed by atoms with E-state index in [0.717, 1.165) is 0 Å². The van der Waals surface area contributed by atoms with E-state index in [1.165, 1.54) is 0 Å². The fourth-order valence-corrected chi connectivity index (χ4v) is 0.942. The molecule has 0 aliphatic carbocycles. The van der Waals surface area contributed by atoms with Crippen molar-refractivity contribution in [3.63, 3.8) is 0 Å². The van der Waals surface area contributed by atoms with E-state index in [2.05, 4.69) is 0 Å². The number of carbonyl (C=O) groups excluding carboxylic acids is 1. The van der Waals surface area contributed by atoms with Gasteiger partial charge in [-0.25, -0.2) is 0 Å². The van der Waals surface area contributed by atoms with E-state index in [4.69, 9.17) is 14.9 Å². The maximum absolute atomic E-state index is 11.0. The summed E-state index contributed by atoms with van der Waals surface area (Å²) in [5, 5.41) is 17.3. The molecule has 0 rings (SSSR count). The van der Waals surface area contributed by atoms with Crippen molar-refractivity contribution in [3.05, 3.63) is 0 Å². The van der Waals surface area contributed by atoms with Crippen molar-refractivity contribution < 1.29 is 19.7 Å². The number of rotatable bonds is 7. The summed E-state index contributed by atoms with van der Waals surface area (Å²) in [6.45, 7) is 6.90. The second kappa shape index (κ2) is 13.4. The summed E-state index contributed by atoms with van der Waals surface area (Å²) < 4.78 is 4.72. The predicted molar refractivity (Wildman–Crippen MR) is 58.6 cm³/mol. The SMILES string of the molecule is CC.CCOC(=O)CN(CCO)CCO. The Labute approximate surface area is 91.7 Å². The van der Waals surface area contributed by atoms with Crippen LogP contribution < -0.4 is 0 Å². The van der Waals surface area contributed by atoms with Gasteiger partial charge in [0.2, 0.25) is 0 Å². The third kappa shape index (κ3) is 11.3. The molecular formula is C10H23NO4. The molecule has 15 heavy (non-hydrogen) atoms. The molecule has 0 saturated heterocycles. The molecule has 0 saturated carbocycles. The van der Waals surface area contributed by atoms with Crippen LogP contribution in [-0.4, -0.2) is 60.5 Å². The third-order valence-electron chi connectivity index (χ3n) is 1.49. The van der Waals surface area contributed by atoms with Gasteiger partial charge in [0.05, 0.1) is 26.4 Å². The molecule has 0 unspecified atom stereocenters. The molecule has 0 aliphatic heterocycles. The molecule has 0 aliphatic rings. The molecule has 92 valence electrons. The second-order valence-corrected chi connectivity index (χ2v) is 2.53. The van der Waals surface area contributed by atoms with Crippen LogP contribution in [-0.2, 0) is 9.53 Å². The van der Waals surface area contributed by atoms with E-state index in [0.29, 0.717) is 19.7 Å². The van der Waals surface area contributed by atoms with E-state index in [9.17, 15) is 4.79 Å². The number of aliphatic hydroxyl groups excluding tert-OH is 2. The fraction of sp³-hybridized carbons (Fsp3) is 0.900. The standard InChI is InChI=1S/C8H17NO4.C2H6/c1-2-13-8(12)7-9(3-5-10)4-6-11;1-2/h10-11H,2-7H2,1H3;1-2H3. The Morgan fingerprint density at radius 1 is 1.20 bits per heavy atom. The highest BCUT2D eigenvalue weighted by molar-refractivity contribution is 5.71. The van der Waals surface area contributed by atoms with Crippen LogP contribution in [0.5, 0.6) is 0 Å². The quantitative estimate of drug-likeness (QED) is 0.586. The third-order valence-corrected chi connectivity index (χ3v) is 1.49. The molecule has 5 nitrogen and oxygen atoms in total. The normalized spacial score (nSPS) is 9.47. The van der Waals surface area contributed by atoms with Gasteiger partial charge in [0.1, 0.15) is 0 Å². The molecule has 5 heteroatoms. The predicted octanol–water partition coefficient (Wildman–Crippen LogP) is -0.138. The molecule has 0 radical (unpaired) electrons. The Morgan fingerprint density at radius 3 is 2.00 bits per heavy atom. The maximum Gasteiger partial charge on any atom is 0.320 e. The number of ether oxygens (including phenoxy) is 1. The first-order valence-electron chi connectivity index (χ1n) is 5.34. The van der Waals surface area contributed by atoms with Crippen molar-refractivity contribution in [1.82, 2.24) is 4.90 Å². The van der Waals surface area contributed by atoms with Crippen LogP contribution in [0.3, 0.4) is 0 Å². The Kier molecular flexibility index (Phi) is 14.9. The monoisotopic (exact) mass is 221 g/mol. The van der Waals surface area contributed by atoms with Gasteiger partial charge in [0, 0.05) is 13.1 Å². The first kappa shape index (κ1) is 16.8. The first-order valence-corrected chi connectivity index (χ1v) is 5.34. The molecule has 0 bridgehead atoms. The van der Waals surface area contributed by atoms with Crippen molar-refractivity contribution in [2.45, 2.75) is 20.8 Å². The van der Waals surface area contributed by atoms with Gasteiger partial charge in [0.25, 0.3) is 0 Å². The average Bonchev–Trinajstić information content (AvgIpc) is 2.22. The number of aliphatic hydroxyl groups is 2. The molecule has 0 fully saturated rings. The van der Waals surface area contributed by atoms with Crippen LogP contribution in [0, 0.1) is 0 Å². The zero-order valence-electron chi connectivity index (χ0n) is 9.90. The van der Waals surface area contributed by atoms with Gasteiger partial charge in [-0.3, -0.25) is 9.69 Å². The van der Waals surface area contributed by atoms with Crippen molar-refractivity contribution in [2.75, 3.05) is 39.5 Å². The number of esters is 1. The van der Waals surface area contributed by atoms with E-state index in [-0.39, 0.29) is 25.7 Å². The highest BCUT2D eigenvalue weighted by atomic mass is 16.5. The Bertz CT molecular complexity index is 135. The summed E-state index contributed by atoms with van der Waals surface area (Å²) in [6, 6.07) is 0. The first-order chi connectivity index (χ1) is 7.24. The smallest absolute Gasteiger partial charge is 0.320 e. The Hall–Kier alpha value is -0.650. The lowest BCUT2D eigenvalue weighted by molar-refractivity contribution is -0.144. The van der Waals surface area contributed by atoms with Gasteiger partial charge in [0.15, 0.2) is 0 Å². The van der Waals surface area contributed by atoms with Gasteiger partial charge >= 0.3 is 5.97 Å². The lowest BCUT2D eigenvalue weighted by Gasteiger charge is -2.18. The molecule has 0 aromatic rings.